The van der Waals surface area contributed by atoms with Gasteiger partial charge in [-0.2, -0.15) is 10.1 Å². The molecule has 9 heteroatoms. The number of hydrogen-bond donors (Lipinski definition) is 1. The van der Waals surface area contributed by atoms with E-state index in [9.17, 15) is 14.5 Å². The van der Waals surface area contributed by atoms with Crippen LogP contribution in [0.15, 0.2) is 39.6 Å². The summed E-state index contributed by atoms with van der Waals surface area (Å²) in [6.45, 7) is 2.02. The van der Waals surface area contributed by atoms with Crippen molar-refractivity contribution in [3.8, 4) is 0 Å². The van der Waals surface area contributed by atoms with Crippen LogP contribution in [0.25, 0.3) is 21.3 Å². The molecule has 3 aromatic heterocycles. The Hall–Kier alpha value is -2.20. The summed E-state index contributed by atoms with van der Waals surface area (Å²) in [5.74, 6) is 0. The molecule has 2 unspecified atom stereocenters. The summed E-state index contributed by atoms with van der Waals surface area (Å²) in [4.78, 5) is 17.4. The normalized spacial score (nSPS) is 14.1. The summed E-state index contributed by atoms with van der Waals surface area (Å²) in [6.07, 6.45) is 2.69. The minimum absolute atomic E-state index is 0.207. The standard InChI is InChI=1S/C18H18N4O3S2/c1-10(23)12-6-4-5-11(7-12)9-22-17(24)14-13(8-19-22)15-16(21(14)2)20-18(26-15)27(3)25/h4-8,10,23H,9H2,1-3H3. The van der Waals surface area contributed by atoms with E-state index < -0.39 is 17.3 Å². The van der Waals surface area contributed by atoms with E-state index in [1.54, 1.807) is 31.0 Å². The number of benzene rings is 1. The number of rotatable bonds is 4. The second-order valence-electron chi connectivity index (χ2n) is 6.44. The van der Waals surface area contributed by atoms with Gasteiger partial charge in [-0.25, -0.2) is 4.68 Å². The highest BCUT2D eigenvalue weighted by atomic mass is 32.2. The topological polar surface area (TPSA) is 96.0 Å². The molecule has 0 bridgehead atoms. The molecule has 0 saturated carbocycles. The van der Waals surface area contributed by atoms with Gasteiger partial charge in [0.1, 0.15) is 11.8 Å². The Morgan fingerprint density at radius 2 is 2.19 bits per heavy atom. The lowest BCUT2D eigenvalue weighted by Gasteiger charge is -2.09. The van der Waals surface area contributed by atoms with Gasteiger partial charge in [0.05, 0.1) is 23.5 Å². The van der Waals surface area contributed by atoms with Gasteiger partial charge in [0.2, 0.25) is 0 Å². The number of aliphatic hydroxyl groups is 1. The van der Waals surface area contributed by atoms with Gasteiger partial charge >= 0.3 is 4.34 Å². The first kappa shape index (κ1) is 18.2. The van der Waals surface area contributed by atoms with Gasteiger partial charge in [-0.15, -0.1) is 0 Å². The third-order valence-electron chi connectivity index (χ3n) is 4.52. The molecule has 0 fully saturated rings. The van der Waals surface area contributed by atoms with Crippen molar-refractivity contribution in [2.24, 2.45) is 7.05 Å². The Morgan fingerprint density at radius 1 is 1.41 bits per heavy atom. The van der Waals surface area contributed by atoms with Crippen LogP contribution in [0.4, 0.5) is 0 Å². The van der Waals surface area contributed by atoms with E-state index in [0.717, 1.165) is 21.2 Å². The Kier molecular flexibility index (Phi) is 4.55. The zero-order chi connectivity index (χ0) is 19.3. The predicted octanol–water partition coefficient (Wildman–Crippen LogP) is 2.18. The minimum atomic E-state index is -1.16. The Bertz CT molecular complexity index is 1210. The zero-order valence-electron chi connectivity index (χ0n) is 15.0. The largest absolute Gasteiger partial charge is 0.610 e. The van der Waals surface area contributed by atoms with Gasteiger partial charge in [0.25, 0.3) is 5.56 Å². The number of aromatic nitrogens is 4. The van der Waals surface area contributed by atoms with Crippen LogP contribution in [-0.2, 0) is 24.8 Å². The third-order valence-corrected chi connectivity index (χ3v) is 6.93. The zero-order valence-corrected chi connectivity index (χ0v) is 16.7. The molecular weight excluding hydrogens is 384 g/mol. The lowest BCUT2D eigenvalue weighted by atomic mass is 10.1. The Balaban J connectivity index is 1.82. The van der Waals surface area contributed by atoms with Crippen molar-refractivity contribution >= 4 is 43.8 Å². The summed E-state index contributed by atoms with van der Waals surface area (Å²) < 4.78 is 16.2. The Morgan fingerprint density at radius 3 is 2.89 bits per heavy atom. The van der Waals surface area contributed by atoms with Crippen molar-refractivity contribution in [1.82, 2.24) is 19.3 Å². The van der Waals surface area contributed by atoms with Crippen LogP contribution in [-0.4, -0.2) is 35.2 Å². The van der Waals surface area contributed by atoms with Crippen LogP contribution in [0.1, 0.15) is 24.2 Å². The monoisotopic (exact) mass is 402 g/mol. The third kappa shape index (κ3) is 3.06. The molecule has 1 aromatic carbocycles. The van der Waals surface area contributed by atoms with E-state index >= 15 is 0 Å². The van der Waals surface area contributed by atoms with E-state index in [-0.39, 0.29) is 5.56 Å². The molecule has 2 atom stereocenters. The van der Waals surface area contributed by atoms with Crippen molar-refractivity contribution < 1.29 is 9.66 Å². The lowest BCUT2D eigenvalue weighted by Crippen LogP contribution is -2.24. The van der Waals surface area contributed by atoms with Gasteiger partial charge in [-0.3, -0.25) is 4.79 Å². The molecule has 4 aromatic rings. The molecule has 0 aliphatic carbocycles. The number of aryl methyl sites for hydroxylation is 1. The first-order valence-corrected chi connectivity index (χ1v) is 10.7. The SMILES string of the molecule is CC(O)c1cccc(Cn2ncc3c4sc([S+](C)[O-])nc4n(C)c3c2=O)c1. The fourth-order valence-electron chi connectivity index (χ4n) is 3.13. The fourth-order valence-corrected chi connectivity index (χ4v) is 4.90. The number of thiazole rings is 1. The van der Waals surface area contributed by atoms with E-state index in [2.05, 4.69) is 10.1 Å². The quantitative estimate of drug-likeness (QED) is 0.528. The molecule has 3 heterocycles. The molecule has 7 nitrogen and oxygen atoms in total. The number of hydrogen-bond acceptors (Lipinski definition) is 6. The maximum absolute atomic E-state index is 13.0. The lowest BCUT2D eigenvalue weighted by molar-refractivity contribution is 0.199. The molecule has 0 spiro atoms. The summed E-state index contributed by atoms with van der Waals surface area (Å²) in [5, 5.41) is 14.8. The minimum Gasteiger partial charge on any atom is -0.610 e. The molecule has 27 heavy (non-hydrogen) atoms. The molecule has 0 saturated heterocycles. The van der Waals surface area contributed by atoms with E-state index in [1.807, 2.05) is 24.3 Å². The smallest absolute Gasteiger partial charge is 0.303 e. The van der Waals surface area contributed by atoms with Crippen LogP contribution in [0.3, 0.4) is 0 Å². The van der Waals surface area contributed by atoms with E-state index in [1.165, 1.54) is 16.0 Å². The average Bonchev–Trinajstić information content (AvgIpc) is 3.18. The summed E-state index contributed by atoms with van der Waals surface area (Å²) in [7, 11) is 1.78. The van der Waals surface area contributed by atoms with Crippen molar-refractivity contribution in [2.45, 2.75) is 23.9 Å². The van der Waals surface area contributed by atoms with E-state index in [0.29, 0.717) is 22.0 Å². The second-order valence-corrected chi connectivity index (χ2v) is 8.99. The number of aliphatic hydroxyl groups excluding tert-OH is 1. The first-order chi connectivity index (χ1) is 12.9. The molecule has 0 aliphatic heterocycles. The highest BCUT2D eigenvalue weighted by molar-refractivity contribution is 7.92. The van der Waals surface area contributed by atoms with Gasteiger partial charge in [-0.1, -0.05) is 35.6 Å². The maximum Gasteiger partial charge on any atom is 0.303 e. The molecule has 0 aliphatic rings. The molecule has 4 rings (SSSR count). The van der Waals surface area contributed by atoms with Crippen LogP contribution in [0, 0.1) is 0 Å². The Labute approximate surface area is 162 Å². The average molecular weight is 403 g/mol. The predicted molar refractivity (Wildman–Crippen MR) is 107 cm³/mol. The molecule has 140 valence electrons. The van der Waals surface area contributed by atoms with Crippen molar-refractivity contribution in [1.29, 1.82) is 0 Å². The van der Waals surface area contributed by atoms with Gasteiger partial charge in [0.15, 0.2) is 5.65 Å². The number of fused-ring (bicyclic) bond motifs is 3. The van der Waals surface area contributed by atoms with Crippen LogP contribution in [0.2, 0.25) is 0 Å². The maximum atomic E-state index is 13.0. The molecule has 0 radical (unpaired) electrons. The van der Waals surface area contributed by atoms with Crippen LogP contribution >= 0.6 is 11.3 Å². The highest BCUT2D eigenvalue weighted by Gasteiger charge is 2.21. The fraction of sp³-hybridized carbons (Fsp3) is 0.278. The van der Waals surface area contributed by atoms with Crippen molar-refractivity contribution in [2.75, 3.05) is 6.26 Å². The van der Waals surface area contributed by atoms with Crippen LogP contribution < -0.4 is 5.56 Å². The van der Waals surface area contributed by atoms with Crippen LogP contribution in [0.5, 0.6) is 0 Å². The summed E-state index contributed by atoms with van der Waals surface area (Å²) >= 11 is 0.168. The van der Waals surface area contributed by atoms with Crippen molar-refractivity contribution in [3.05, 3.63) is 51.9 Å². The van der Waals surface area contributed by atoms with E-state index in [4.69, 9.17) is 0 Å². The molecule has 1 N–H and O–H groups in total. The molecular formula is C18H18N4O3S2. The second kappa shape index (κ2) is 6.75. The highest BCUT2D eigenvalue weighted by Crippen LogP contribution is 2.32. The summed E-state index contributed by atoms with van der Waals surface area (Å²) in [6, 6.07) is 7.48. The van der Waals surface area contributed by atoms with Gasteiger partial charge < -0.3 is 14.2 Å². The summed E-state index contributed by atoms with van der Waals surface area (Å²) in [5.41, 5.74) is 2.65. The van der Waals surface area contributed by atoms with Crippen molar-refractivity contribution in [3.63, 3.8) is 0 Å². The first-order valence-electron chi connectivity index (χ1n) is 8.32. The van der Waals surface area contributed by atoms with Gasteiger partial charge in [-0.05, 0) is 18.1 Å². The number of nitrogens with zero attached hydrogens (tertiary/aromatic N) is 4. The van der Waals surface area contributed by atoms with Gasteiger partial charge in [0, 0.05) is 23.6 Å². The molecule has 0 amide bonds.